The van der Waals surface area contributed by atoms with Gasteiger partial charge in [0.2, 0.25) is 17.2 Å². The molecule has 0 aliphatic rings. The van der Waals surface area contributed by atoms with E-state index in [-0.39, 0.29) is 11.2 Å². The van der Waals surface area contributed by atoms with Crippen LogP contribution in [0.25, 0.3) is 0 Å². The van der Waals surface area contributed by atoms with Gasteiger partial charge < -0.3 is 11.1 Å². The predicted octanol–water partition coefficient (Wildman–Crippen LogP) is 1.57. The minimum atomic E-state index is 0.115. The van der Waals surface area contributed by atoms with Crippen LogP contribution < -0.4 is 11.1 Å². The molecular weight excluding hydrogens is 202 g/mol. The highest BCUT2D eigenvalue weighted by atomic mass is 35.5. The quantitative estimate of drug-likeness (QED) is 0.797. The molecule has 1 unspecified atom stereocenters. The Balaban J connectivity index is 2.58. The second kappa shape index (κ2) is 4.95. The number of halogens is 1. The van der Waals surface area contributed by atoms with Gasteiger partial charge in [-0.05, 0) is 17.5 Å². The van der Waals surface area contributed by atoms with Gasteiger partial charge in [0, 0.05) is 6.54 Å². The first-order valence-electron chi connectivity index (χ1n) is 4.52. The topological polar surface area (TPSA) is 76.7 Å². The first-order chi connectivity index (χ1) is 6.61. The molecule has 0 spiro atoms. The van der Waals surface area contributed by atoms with Gasteiger partial charge in [-0.3, -0.25) is 0 Å². The monoisotopic (exact) mass is 215 g/mol. The third-order valence-corrected chi connectivity index (χ3v) is 2.10. The molecule has 0 saturated carbocycles. The molecule has 1 aromatic rings. The summed E-state index contributed by atoms with van der Waals surface area (Å²) in [6, 6.07) is 0. The molecule has 1 heterocycles. The SMILES string of the molecule is CCC(C)CNc1nc(N)nc(Cl)n1. The highest BCUT2D eigenvalue weighted by Crippen LogP contribution is 2.08. The number of nitrogens with two attached hydrogens (primary N) is 1. The van der Waals surface area contributed by atoms with Gasteiger partial charge >= 0.3 is 0 Å². The summed E-state index contributed by atoms with van der Waals surface area (Å²) in [6.07, 6.45) is 1.10. The van der Waals surface area contributed by atoms with E-state index in [4.69, 9.17) is 17.3 Å². The molecule has 0 aromatic carbocycles. The van der Waals surface area contributed by atoms with Crippen LogP contribution in [0.2, 0.25) is 5.28 Å². The average Bonchev–Trinajstić information content (AvgIpc) is 2.12. The van der Waals surface area contributed by atoms with Gasteiger partial charge in [-0.1, -0.05) is 20.3 Å². The number of hydrogen-bond acceptors (Lipinski definition) is 5. The van der Waals surface area contributed by atoms with E-state index in [2.05, 4.69) is 34.1 Å². The first-order valence-corrected chi connectivity index (χ1v) is 4.90. The van der Waals surface area contributed by atoms with Crippen LogP contribution >= 0.6 is 11.6 Å². The van der Waals surface area contributed by atoms with Crippen molar-refractivity contribution >= 4 is 23.5 Å². The van der Waals surface area contributed by atoms with Gasteiger partial charge in [-0.15, -0.1) is 0 Å². The van der Waals surface area contributed by atoms with Crippen molar-refractivity contribution in [3.63, 3.8) is 0 Å². The minimum absolute atomic E-state index is 0.115. The van der Waals surface area contributed by atoms with Crippen molar-refractivity contribution in [2.45, 2.75) is 20.3 Å². The predicted molar refractivity (Wildman–Crippen MR) is 57.2 cm³/mol. The molecule has 78 valence electrons. The van der Waals surface area contributed by atoms with E-state index in [1.807, 2.05) is 0 Å². The summed E-state index contributed by atoms with van der Waals surface area (Å²) in [5, 5.41) is 3.17. The zero-order valence-electron chi connectivity index (χ0n) is 8.29. The van der Waals surface area contributed by atoms with Gasteiger partial charge in [-0.25, -0.2) is 0 Å². The summed E-state index contributed by atoms with van der Waals surface area (Å²) in [6.45, 7) is 5.07. The Morgan fingerprint density at radius 2 is 2.14 bits per heavy atom. The zero-order valence-corrected chi connectivity index (χ0v) is 9.04. The fourth-order valence-electron chi connectivity index (χ4n) is 0.854. The Bertz CT molecular complexity index is 284. The van der Waals surface area contributed by atoms with E-state index >= 15 is 0 Å². The molecule has 1 atom stereocenters. The van der Waals surface area contributed by atoms with Crippen molar-refractivity contribution in [1.82, 2.24) is 15.0 Å². The van der Waals surface area contributed by atoms with E-state index in [1.54, 1.807) is 0 Å². The van der Waals surface area contributed by atoms with Crippen LogP contribution in [0.4, 0.5) is 11.9 Å². The number of nitrogens with one attached hydrogen (secondary N) is 1. The molecule has 6 heteroatoms. The first kappa shape index (κ1) is 11.0. The molecule has 0 amide bonds. The van der Waals surface area contributed by atoms with Crippen molar-refractivity contribution in [2.75, 3.05) is 17.6 Å². The second-order valence-corrected chi connectivity index (χ2v) is 3.52. The van der Waals surface area contributed by atoms with Crippen LogP contribution in [0.5, 0.6) is 0 Å². The second-order valence-electron chi connectivity index (χ2n) is 3.18. The molecule has 3 N–H and O–H groups in total. The van der Waals surface area contributed by atoms with Crippen LogP contribution in [0, 0.1) is 5.92 Å². The lowest BCUT2D eigenvalue weighted by atomic mass is 10.1. The zero-order chi connectivity index (χ0) is 10.6. The fourth-order valence-corrected chi connectivity index (χ4v) is 1.02. The van der Waals surface area contributed by atoms with Crippen LogP contribution in [-0.2, 0) is 0 Å². The van der Waals surface area contributed by atoms with Crippen molar-refractivity contribution < 1.29 is 0 Å². The normalized spacial score (nSPS) is 12.5. The summed E-state index contributed by atoms with van der Waals surface area (Å²) in [7, 11) is 0. The Hall–Kier alpha value is -1.10. The smallest absolute Gasteiger partial charge is 0.228 e. The number of hydrogen-bond donors (Lipinski definition) is 2. The van der Waals surface area contributed by atoms with Crippen LogP contribution in [0.3, 0.4) is 0 Å². The van der Waals surface area contributed by atoms with Gasteiger partial charge in [0.05, 0.1) is 0 Å². The van der Waals surface area contributed by atoms with E-state index in [0.29, 0.717) is 11.9 Å². The molecular formula is C8H14ClN5. The molecule has 1 aromatic heterocycles. The molecule has 5 nitrogen and oxygen atoms in total. The number of aromatic nitrogens is 3. The lowest BCUT2D eigenvalue weighted by molar-refractivity contribution is 0.591. The summed E-state index contributed by atoms with van der Waals surface area (Å²) in [5.74, 6) is 1.13. The highest BCUT2D eigenvalue weighted by Gasteiger charge is 2.03. The van der Waals surface area contributed by atoms with Gasteiger partial charge in [0.1, 0.15) is 0 Å². The van der Waals surface area contributed by atoms with Crippen LogP contribution in [-0.4, -0.2) is 21.5 Å². The molecule has 0 aliphatic heterocycles. The highest BCUT2D eigenvalue weighted by molar-refractivity contribution is 6.28. The average molecular weight is 216 g/mol. The largest absolute Gasteiger partial charge is 0.368 e. The van der Waals surface area contributed by atoms with Crippen molar-refractivity contribution in [3.05, 3.63) is 5.28 Å². The maximum absolute atomic E-state index is 5.62. The maximum atomic E-state index is 5.62. The third-order valence-electron chi connectivity index (χ3n) is 1.93. The lowest BCUT2D eigenvalue weighted by Crippen LogP contribution is -2.13. The molecule has 0 aliphatic carbocycles. The summed E-state index contributed by atoms with van der Waals surface area (Å²) >= 11 is 5.62. The van der Waals surface area contributed by atoms with Crippen molar-refractivity contribution in [2.24, 2.45) is 5.92 Å². The molecule has 14 heavy (non-hydrogen) atoms. The van der Waals surface area contributed by atoms with E-state index in [0.717, 1.165) is 13.0 Å². The standard InChI is InChI=1S/C8H14ClN5/c1-3-5(2)4-11-8-13-6(9)12-7(10)14-8/h5H,3-4H2,1-2H3,(H3,10,11,12,13,14). The molecule has 0 fully saturated rings. The van der Waals surface area contributed by atoms with Gasteiger partial charge in [-0.2, -0.15) is 15.0 Å². The maximum Gasteiger partial charge on any atom is 0.228 e. The number of anilines is 2. The van der Waals surface area contributed by atoms with Gasteiger partial charge in [0.15, 0.2) is 0 Å². The minimum Gasteiger partial charge on any atom is -0.368 e. The molecule has 0 bridgehead atoms. The van der Waals surface area contributed by atoms with Crippen molar-refractivity contribution in [3.8, 4) is 0 Å². The fraction of sp³-hybridized carbons (Fsp3) is 0.625. The van der Waals surface area contributed by atoms with E-state index < -0.39 is 0 Å². The Morgan fingerprint density at radius 1 is 1.43 bits per heavy atom. The van der Waals surface area contributed by atoms with E-state index in [1.165, 1.54) is 0 Å². The Labute approximate surface area is 88.1 Å². The number of nitrogen functional groups attached to an aromatic ring is 1. The van der Waals surface area contributed by atoms with E-state index in [9.17, 15) is 0 Å². The Morgan fingerprint density at radius 3 is 2.71 bits per heavy atom. The molecule has 1 rings (SSSR count). The summed E-state index contributed by atoms with van der Waals surface area (Å²) in [4.78, 5) is 11.5. The lowest BCUT2D eigenvalue weighted by Gasteiger charge is -2.09. The summed E-state index contributed by atoms with van der Waals surface area (Å²) in [5.41, 5.74) is 5.41. The number of nitrogens with zero attached hydrogens (tertiary/aromatic N) is 3. The number of rotatable bonds is 4. The summed E-state index contributed by atoms with van der Waals surface area (Å²) < 4.78 is 0. The molecule has 0 saturated heterocycles. The van der Waals surface area contributed by atoms with Gasteiger partial charge in [0.25, 0.3) is 0 Å². The third kappa shape index (κ3) is 3.33. The van der Waals surface area contributed by atoms with Crippen LogP contribution in [0.1, 0.15) is 20.3 Å². The van der Waals surface area contributed by atoms with Crippen LogP contribution in [0.15, 0.2) is 0 Å². The Kier molecular flexibility index (Phi) is 3.88. The van der Waals surface area contributed by atoms with Crippen molar-refractivity contribution in [1.29, 1.82) is 0 Å². The molecule has 0 radical (unpaired) electrons.